The van der Waals surface area contributed by atoms with Gasteiger partial charge in [0.15, 0.2) is 17.3 Å². The number of nitrogens with zero attached hydrogens (tertiary/aromatic N) is 3. The Labute approximate surface area is 167 Å². The quantitative estimate of drug-likeness (QED) is 0.462. The summed E-state index contributed by atoms with van der Waals surface area (Å²) in [6.07, 6.45) is 2.42. The molecule has 0 radical (unpaired) electrons. The van der Waals surface area contributed by atoms with Gasteiger partial charge in [0, 0.05) is 17.0 Å². The van der Waals surface area contributed by atoms with E-state index in [1.807, 2.05) is 49.4 Å². The molecule has 1 N–H and O–H groups in total. The number of halogens is 1. The molecule has 0 amide bonds. The molecule has 1 aromatic heterocycles. The van der Waals surface area contributed by atoms with Gasteiger partial charge in [-0.1, -0.05) is 36.7 Å². The molecule has 3 aromatic rings. The van der Waals surface area contributed by atoms with Gasteiger partial charge in [0.1, 0.15) is 6.61 Å². The molecule has 27 heavy (non-hydrogen) atoms. The molecule has 6 nitrogen and oxygen atoms in total. The fraction of sp³-hybridized carbons (Fsp3) is 0.211. The topological polar surface area (TPSA) is 64.4 Å². The lowest BCUT2D eigenvalue weighted by Crippen LogP contribution is -2.00. The van der Waals surface area contributed by atoms with Crippen LogP contribution in [0.25, 0.3) is 0 Å². The Balaban J connectivity index is 1.78. The number of aromatic nitrogens is 3. The van der Waals surface area contributed by atoms with Gasteiger partial charge in [-0.3, -0.25) is 5.10 Å². The fourth-order valence-electron chi connectivity index (χ4n) is 2.45. The van der Waals surface area contributed by atoms with Crippen LogP contribution in [-0.4, -0.2) is 28.2 Å². The molecule has 0 unspecified atom stereocenters. The predicted octanol–water partition coefficient (Wildman–Crippen LogP) is 4.63. The van der Waals surface area contributed by atoms with Crippen LogP contribution in [0.1, 0.15) is 23.9 Å². The van der Waals surface area contributed by atoms with Crippen LogP contribution in [0.4, 0.5) is 0 Å². The summed E-state index contributed by atoms with van der Waals surface area (Å²) in [7, 11) is 1.60. The molecule has 1 heterocycles. The van der Waals surface area contributed by atoms with Crippen LogP contribution < -0.4 is 9.47 Å². The first-order chi connectivity index (χ1) is 13.1. The maximum Gasteiger partial charge on any atom is 0.216 e. The zero-order chi connectivity index (χ0) is 19.2. The van der Waals surface area contributed by atoms with Gasteiger partial charge >= 0.3 is 0 Å². The van der Waals surface area contributed by atoms with E-state index in [1.54, 1.807) is 18.0 Å². The summed E-state index contributed by atoms with van der Waals surface area (Å²) in [4.78, 5) is 0. The Morgan fingerprint density at radius 2 is 2.07 bits per heavy atom. The van der Waals surface area contributed by atoms with Crippen LogP contribution in [0.2, 0.25) is 5.02 Å². The van der Waals surface area contributed by atoms with Crippen molar-refractivity contribution in [2.45, 2.75) is 20.0 Å². The first-order valence-corrected chi connectivity index (χ1v) is 9.16. The summed E-state index contributed by atoms with van der Waals surface area (Å²) in [5.74, 6) is 2.00. The second kappa shape index (κ2) is 8.83. The number of hydrogen-bond acceptors (Lipinski definition) is 5. The Morgan fingerprint density at radius 1 is 1.26 bits per heavy atom. The van der Waals surface area contributed by atoms with E-state index in [-0.39, 0.29) is 0 Å². The molecule has 0 atom stereocenters. The Hall–Kier alpha value is -2.64. The zero-order valence-corrected chi connectivity index (χ0v) is 16.5. The average molecular weight is 403 g/mol. The van der Waals surface area contributed by atoms with Crippen molar-refractivity contribution in [3.63, 3.8) is 0 Å². The number of ether oxygens (including phenoxy) is 2. The summed E-state index contributed by atoms with van der Waals surface area (Å²) < 4.78 is 13.4. The smallest absolute Gasteiger partial charge is 0.216 e. The van der Waals surface area contributed by atoms with Gasteiger partial charge in [0.2, 0.25) is 4.77 Å². The van der Waals surface area contributed by atoms with E-state index in [9.17, 15) is 0 Å². The van der Waals surface area contributed by atoms with Crippen LogP contribution in [0, 0.1) is 4.77 Å². The summed E-state index contributed by atoms with van der Waals surface area (Å²) in [5.41, 5.74) is 1.76. The summed E-state index contributed by atoms with van der Waals surface area (Å²) in [6.45, 7) is 2.35. The number of benzene rings is 2. The average Bonchev–Trinajstić information content (AvgIpc) is 3.05. The molecule has 0 saturated heterocycles. The SMILES string of the molecule is CCc1n[nH]c(=S)n1/N=C/c1ccc(OCc2ccccc2Cl)c(OC)c1. The van der Waals surface area contributed by atoms with Crippen molar-refractivity contribution in [3.8, 4) is 11.5 Å². The van der Waals surface area contributed by atoms with Gasteiger partial charge in [-0.25, -0.2) is 0 Å². The van der Waals surface area contributed by atoms with Crippen molar-refractivity contribution in [1.82, 2.24) is 14.9 Å². The highest BCUT2D eigenvalue weighted by molar-refractivity contribution is 7.71. The number of methoxy groups -OCH3 is 1. The van der Waals surface area contributed by atoms with Crippen molar-refractivity contribution < 1.29 is 9.47 Å². The molecule has 2 aromatic carbocycles. The first kappa shape index (κ1) is 19.1. The second-order valence-corrected chi connectivity index (χ2v) is 6.44. The molecule has 0 spiro atoms. The van der Waals surface area contributed by atoms with Gasteiger partial charge in [0.05, 0.1) is 13.3 Å². The van der Waals surface area contributed by atoms with Gasteiger partial charge in [0.25, 0.3) is 0 Å². The van der Waals surface area contributed by atoms with E-state index in [0.717, 1.165) is 23.4 Å². The number of aryl methyl sites for hydroxylation is 1. The summed E-state index contributed by atoms with van der Waals surface area (Å²) in [6, 6.07) is 13.2. The number of nitrogens with one attached hydrogen (secondary N) is 1. The van der Waals surface area contributed by atoms with Gasteiger partial charge in [-0.15, -0.1) is 0 Å². The molecule has 0 aliphatic heterocycles. The lowest BCUT2D eigenvalue weighted by atomic mass is 10.2. The summed E-state index contributed by atoms with van der Waals surface area (Å²) in [5, 5.41) is 11.9. The van der Waals surface area contributed by atoms with Crippen molar-refractivity contribution >= 4 is 30.0 Å². The number of H-pyrrole nitrogens is 1. The summed E-state index contributed by atoms with van der Waals surface area (Å²) >= 11 is 11.4. The minimum absolute atomic E-state index is 0.355. The molecule has 8 heteroatoms. The van der Waals surface area contributed by atoms with Crippen LogP contribution in [0.5, 0.6) is 11.5 Å². The molecule has 140 valence electrons. The van der Waals surface area contributed by atoms with Crippen molar-refractivity contribution in [1.29, 1.82) is 0 Å². The largest absolute Gasteiger partial charge is 0.493 e. The molecule has 0 saturated carbocycles. The fourth-order valence-corrected chi connectivity index (χ4v) is 2.84. The maximum absolute atomic E-state index is 6.17. The van der Waals surface area contributed by atoms with Crippen molar-refractivity contribution in [3.05, 3.63) is 69.2 Å². The van der Waals surface area contributed by atoms with E-state index in [1.165, 1.54) is 0 Å². The van der Waals surface area contributed by atoms with Crippen LogP contribution in [0.15, 0.2) is 47.6 Å². The third-order valence-electron chi connectivity index (χ3n) is 3.88. The van der Waals surface area contributed by atoms with E-state index in [4.69, 9.17) is 33.3 Å². The van der Waals surface area contributed by atoms with Crippen LogP contribution in [0.3, 0.4) is 0 Å². The molecular weight excluding hydrogens is 384 g/mol. The number of rotatable bonds is 7. The molecule has 0 bridgehead atoms. The normalized spacial score (nSPS) is 11.1. The second-order valence-electron chi connectivity index (χ2n) is 5.65. The van der Waals surface area contributed by atoms with E-state index >= 15 is 0 Å². The van der Waals surface area contributed by atoms with Gasteiger partial charge in [-0.2, -0.15) is 14.9 Å². The highest BCUT2D eigenvalue weighted by Gasteiger charge is 2.08. The Bertz CT molecular complexity index is 1010. The molecule has 0 aliphatic rings. The molecule has 3 rings (SSSR count). The van der Waals surface area contributed by atoms with E-state index < -0.39 is 0 Å². The van der Waals surface area contributed by atoms with E-state index in [0.29, 0.717) is 27.9 Å². The van der Waals surface area contributed by atoms with Gasteiger partial charge < -0.3 is 9.47 Å². The van der Waals surface area contributed by atoms with Gasteiger partial charge in [-0.05, 0) is 42.0 Å². The lowest BCUT2D eigenvalue weighted by Gasteiger charge is -2.12. The zero-order valence-electron chi connectivity index (χ0n) is 15.0. The number of hydrogen-bond donors (Lipinski definition) is 1. The standard InChI is InChI=1S/C19H19ClN4O2S/c1-3-18-22-23-19(27)24(18)21-11-13-8-9-16(17(10-13)25-2)26-12-14-6-4-5-7-15(14)20/h4-11H,3,12H2,1-2H3,(H,23,27)/b21-11+. The molecular formula is C19H19ClN4O2S. The number of aromatic amines is 1. The van der Waals surface area contributed by atoms with E-state index in [2.05, 4.69) is 15.3 Å². The maximum atomic E-state index is 6.17. The predicted molar refractivity (Wildman–Crippen MR) is 109 cm³/mol. The highest BCUT2D eigenvalue weighted by atomic mass is 35.5. The Kier molecular flexibility index (Phi) is 6.26. The molecule has 0 aliphatic carbocycles. The van der Waals surface area contributed by atoms with Crippen LogP contribution in [-0.2, 0) is 13.0 Å². The minimum atomic E-state index is 0.355. The highest BCUT2D eigenvalue weighted by Crippen LogP contribution is 2.29. The third kappa shape index (κ3) is 4.56. The molecule has 0 fully saturated rings. The first-order valence-electron chi connectivity index (χ1n) is 8.37. The minimum Gasteiger partial charge on any atom is -0.493 e. The monoisotopic (exact) mass is 402 g/mol. The van der Waals surface area contributed by atoms with Crippen molar-refractivity contribution in [2.24, 2.45) is 5.10 Å². The lowest BCUT2D eigenvalue weighted by molar-refractivity contribution is 0.284. The van der Waals surface area contributed by atoms with Crippen LogP contribution >= 0.6 is 23.8 Å². The van der Waals surface area contributed by atoms with Crippen molar-refractivity contribution in [2.75, 3.05) is 7.11 Å². The Morgan fingerprint density at radius 3 is 2.81 bits per heavy atom. The third-order valence-corrected chi connectivity index (χ3v) is 4.52.